The maximum atomic E-state index is 12.8. The predicted molar refractivity (Wildman–Crippen MR) is 150 cm³/mol. The highest BCUT2D eigenvalue weighted by atomic mass is 32.2. The van der Waals surface area contributed by atoms with Crippen LogP contribution >= 0.6 is 11.8 Å². The molecule has 192 valence electrons. The highest BCUT2D eigenvalue weighted by molar-refractivity contribution is 8.26. The van der Waals surface area contributed by atoms with Crippen LogP contribution in [0.15, 0.2) is 88.5 Å². The van der Waals surface area contributed by atoms with E-state index in [4.69, 9.17) is 19.6 Å². The van der Waals surface area contributed by atoms with Gasteiger partial charge in [-0.1, -0.05) is 54.6 Å². The molecule has 9 heteroatoms. The number of hydrogen-bond acceptors (Lipinski definition) is 7. The van der Waals surface area contributed by atoms with Crippen LogP contribution in [-0.2, 0) is 11.2 Å². The van der Waals surface area contributed by atoms with E-state index >= 15 is 0 Å². The molecule has 0 spiro atoms. The maximum absolute atomic E-state index is 12.8. The molecule has 0 aromatic heterocycles. The molecule has 0 saturated heterocycles. The molecule has 0 atom stereocenters. The molecule has 3 aromatic rings. The summed E-state index contributed by atoms with van der Waals surface area (Å²) in [4.78, 5) is 17.0. The molecule has 0 fully saturated rings. The van der Waals surface area contributed by atoms with Crippen LogP contribution in [0, 0.1) is 12.3 Å². The number of amides is 1. The van der Waals surface area contributed by atoms with E-state index in [1.54, 1.807) is 31.4 Å². The first kappa shape index (κ1) is 25.3. The van der Waals surface area contributed by atoms with E-state index in [2.05, 4.69) is 10.1 Å². The molecule has 38 heavy (non-hydrogen) atoms. The quantitative estimate of drug-likeness (QED) is 0.299. The fourth-order valence-electron chi connectivity index (χ4n) is 3.96. The molecule has 2 heterocycles. The van der Waals surface area contributed by atoms with E-state index in [9.17, 15) is 4.79 Å². The van der Waals surface area contributed by atoms with Gasteiger partial charge in [0, 0.05) is 6.42 Å². The lowest BCUT2D eigenvalue weighted by atomic mass is 10.1. The minimum Gasteiger partial charge on any atom is -0.493 e. The lowest BCUT2D eigenvalue weighted by molar-refractivity contribution is -0.114. The van der Waals surface area contributed by atoms with Crippen molar-refractivity contribution in [3.63, 3.8) is 0 Å². The number of rotatable bonds is 9. The van der Waals surface area contributed by atoms with Gasteiger partial charge in [-0.05, 0) is 59.7 Å². The summed E-state index contributed by atoms with van der Waals surface area (Å²) in [6.45, 7) is 2.71. The van der Waals surface area contributed by atoms with E-state index in [1.165, 1.54) is 16.8 Å². The second kappa shape index (κ2) is 11.4. The summed E-state index contributed by atoms with van der Waals surface area (Å²) in [6, 6.07) is 23.1. The van der Waals surface area contributed by atoms with Crippen LogP contribution in [-0.4, -0.2) is 47.3 Å². The van der Waals surface area contributed by atoms with Gasteiger partial charge in [0.25, 0.3) is 5.91 Å². The number of hydrazone groups is 1. The Morgan fingerprint density at radius 2 is 1.68 bits per heavy atom. The lowest BCUT2D eigenvalue weighted by Crippen LogP contribution is -2.35. The summed E-state index contributed by atoms with van der Waals surface area (Å²) in [6.07, 6.45) is 2.23. The Kier molecular flexibility index (Phi) is 7.55. The first-order valence-electron chi connectivity index (χ1n) is 12.0. The Morgan fingerprint density at radius 1 is 0.947 bits per heavy atom. The summed E-state index contributed by atoms with van der Waals surface area (Å²) in [5.74, 6) is 1.40. The van der Waals surface area contributed by atoms with E-state index in [-0.39, 0.29) is 11.4 Å². The Morgan fingerprint density at radius 3 is 2.45 bits per heavy atom. The van der Waals surface area contributed by atoms with Gasteiger partial charge in [-0.25, -0.2) is 0 Å². The van der Waals surface area contributed by atoms with Crippen molar-refractivity contribution in [2.24, 2.45) is 10.1 Å². The van der Waals surface area contributed by atoms with Gasteiger partial charge in [-0.3, -0.25) is 10.2 Å². The zero-order valence-corrected chi connectivity index (χ0v) is 21.8. The third-order valence-electron chi connectivity index (χ3n) is 5.89. The predicted octanol–water partition coefficient (Wildman–Crippen LogP) is 5.32. The van der Waals surface area contributed by atoms with Crippen LogP contribution in [0.4, 0.5) is 0 Å². The average Bonchev–Trinajstić information content (AvgIpc) is 3.33. The molecule has 1 N–H and O–H groups in total. The maximum Gasteiger partial charge on any atom is 0.283 e. The third-order valence-corrected chi connectivity index (χ3v) is 6.79. The number of aryl methyl sites for hydroxylation is 1. The molecule has 0 unspecified atom stereocenters. The Labute approximate surface area is 225 Å². The van der Waals surface area contributed by atoms with Crippen molar-refractivity contribution in [2.45, 2.75) is 13.3 Å². The third kappa shape index (κ3) is 5.63. The number of aliphatic imine (C=N–C) groups is 1. The number of para-hydroxylation sites is 1. The van der Waals surface area contributed by atoms with E-state index < -0.39 is 5.91 Å². The molecular formula is C29H26N4O4S. The SMILES string of the molecule is COc1cc(C=C2C(=N)N3N=C(Cc4ccccc4)SC3=NC2=O)ccc1OCCOc1ccccc1C. The van der Waals surface area contributed by atoms with E-state index in [0.29, 0.717) is 41.9 Å². The molecule has 2 aliphatic rings. The largest absolute Gasteiger partial charge is 0.493 e. The van der Waals surface area contributed by atoms with Gasteiger partial charge in [0.15, 0.2) is 17.3 Å². The first-order valence-corrected chi connectivity index (χ1v) is 12.9. The van der Waals surface area contributed by atoms with Crippen molar-refractivity contribution in [1.82, 2.24) is 5.01 Å². The number of amidine groups is 2. The van der Waals surface area contributed by atoms with Crippen molar-refractivity contribution < 1.29 is 19.0 Å². The topological polar surface area (TPSA) is 96.6 Å². The molecule has 0 bridgehead atoms. The number of ether oxygens (including phenoxy) is 3. The van der Waals surface area contributed by atoms with Gasteiger partial charge in [-0.15, -0.1) is 0 Å². The zero-order valence-electron chi connectivity index (χ0n) is 21.0. The van der Waals surface area contributed by atoms with Crippen LogP contribution in [0.25, 0.3) is 6.08 Å². The number of nitrogens with zero attached hydrogens (tertiary/aromatic N) is 3. The molecule has 2 aliphatic heterocycles. The van der Waals surface area contributed by atoms with E-state index in [0.717, 1.165) is 21.9 Å². The number of thioether (sulfide) groups is 1. The molecule has 0 saturated carbocycles. The molecule has 8 nitrogen and oxygen atoms in total. The number of fused-ring (bicyclic) bond motifs is 1. The number of methoxy groups -OCH3 is 1. The average molecular weight is 527 g/mol. The van der Waals surface area contributed by atoms with Crippen molar-refractivity contribution in [1.29, 1.82) is 5.41 Å². The van der Waals surface area contributed by atoms with Crippen LogP contribution < -0.4 is 14.2 Å². The minimum atomic E-state index is -0.474. The number of nitrogens with one attached hydrogen (secondary N) is 1. The van der Waals surface area contributed by atoms with Crippen LogP contribution in [0.3, 0.4) is 0 Å². The molecular weight excluding hydrogens is 500 g/mol. The first-order chi connectivity index (χ1) is 18.5. The fourth-order valence-corrected chi connectivity index (χ4v) is 4.87. The monoisotopic (exact) mass is 526 g/mol. The normalized spacial score (nSPS) is 15.7. The number of hydrogen-bond donors (Lipinski definition) is 1. The number of benzene rings is 3. The van der Waals surface area contributed by atoms with Gasteiger partial charge in [0.05, 0.1) is 12.7 Å². The lowest BCUT2D eigenvalue weighted by Gasteiger charge is -2.20. The molecule has 1 amide bonds. The highest BCUT2D eigenvalue weighted by Gasteiger charge is 2.35. The van der Waals surface area contributed by atoms with Crippen molar-refractivity contribution in [2.75, 3.05) is 20.3 Å². The number of carbonyl (C=O) groups excluding carboxylic acids is 1. The van der Waals surface area contributed by atoms with Crippen LogP contribution in [0.2, 0.25) is 0 Å². The summed E-state index contributed by atoms with van der Waals surface area (Å²) >= 11 is 1.31. The summed E-state index contributed by atoms with van der Waals surface area (Å²) < 4.78 is 17.2. The summed E-state index contributed by atoms with van der Waals surface area (Å²) in [5.41, 5.74) is 3.00. The van der Waals surface area contributed by atoms with Crippen molar-refractivity contribution >= 4 is 39.8 Å². The van der Waals surface area contributed by atoms with Gasteiger partial charge in [-0.2, -0.15) is 15.1 Å². The van der Waals surface area contributed by atoms with Crippen LogP contribution in [0.5, 0.6) is 17.2 Å². The van der Waals surface area contributed by atoms with Gasteiger partial charge >= 0.3 is 0 Å². The summed E-state index contributed by atoms with van der Waals surface area (Å²) in [7, 11) is 1.55. The highest BCUT2D eigenvalue weighted by Crippen LogP contribution is 2.32. The fraction of sp³-hybridized carbons (Fsp3) is 0.172. The second-order valence-corrected chi connectivity index (χ2v) is 9.59. The Hall–Kier alpha value is -4.37. The molecule has 5 rings (SSSR count). The standard InChI is InChI=1S/C29H26N4O4S/c1-19-8-6-7-11-23(19)36-14-15-37-24-13-12-21(17-25(24)35-2)16-22-27(30)33-29(31-28(22)34)38-26(32-33)18-20-9-4-3-5-10-20/h3-13,16-17,30H,14-15,18H2,1-2H3. The van der Waals surface area contributed by atoms with Crippen LogP contribution in [0.1, 0.15) is 16.7 Å². The van der Waals surface area contributed by atoms with Crippen molar-refractivity contribution in [3.05, 3.63) is 95.1 Å². The van der Waals surface area contributed by atoms with Gasteiger partial charge in [0.1, 0.15) is 24.0 Å². The zero-order chi connectivity index (χ0) is 26.5. The Bertz CT molecular complexity index is 1470. The smallest absolute Gasteiger partial charge is 0.283 e. The Balaban J connectivity index is 1.26. The van der Waals surface area contributed by atoms with Gasteiger partial charge < -0.3 is 14.2 Å². The molecule has 3 aromatic carbocycles. The van der Waals surface area contributed by atoms with Gasteiger partial charge in [0.2, 0.25) is 5.17 Å². The number of carbonyl (C=O) groups is 1. The summed E-state index contributed by atoms with van der Waals surface area (Å²) in [5, 5.41) is 15.8. The second-order valence-electron chi connectivity index (χ2n) is 8.55. The van der Waals surface area contributed by atoms with E-state index in [1.807, 2.05) is 61.5 Å². The van der Waals surface area contributed by atoms with Crippen molar-refractivity contribution in [3.8, 4) is 17.2 Å². The molecule has 0 radical (unpaired) electrons. The minimum absolute atomic E-state index is 0.0109. The molecule has 0 aliphatic carbocycles.